The van der Waals surface area contributed by atoms with Gasteiger partial charge in [-0.2, -0.15) is 0 Å². The predicted octanol–water partition coefficient (Wildman–Crippen LogP) is 1.30. The molecule has 1 aromatic carbocycles. The van der Waals surface area contributed by atoms with E-state index >= 15 is 0 Å². The van der Waals surface area contributed by atoms with Gasteiger partial charge in [0, 0.05) is 11.6 Å². The number of aromatic nitrogens is 1. The molecule has 0 unspecified atom stereocenters. The Labute approximate surface area is 136 Å². The van der Waals surface area contributed by atoms with Gasteiger partial charge in [0.05, 0.1) is 17.7 Å². The van der Waals surface area contributed by atoms with Crippen LogP contribution >= 0.6 is 0 Å². The summed E-state index contributed by atoms with van der Waals surface area (Å²) in [4.78, 5) is 45.9. The molecule has 0 aliphatic carbocycles. The molecule has 0 fully saturated rings. The molecule has 0 bridgehead atoms. The van der Waals surface area contributed by atoms with Crippen molar-refractivity contribution in [2.45, 2.75) is 19.9 Å². The highest BCUT2D eigenvalue weighted by Gasteiger charge is 2.19. The fourth-order valence-electron chi connectivity index (χ4n) is 2.19. The molecule has 0 aliphatic heterocycles. The van der Waals surface area contributed by atoms with Crippen molar-refractivity contribution >= 4 is 17.4 Å². The molecule has 1 amide bonds. The number of nitrogens with two attached hydrogens (primary N) is 1. The maximum Gasteiger partial charge on any atom is 0.286 e. The number of pyridine rings is 1. The SMILES string of the molecule is CCc1ccc(C(=O)Cn2cc([N+](=O)[O-])cc(C(N)=O)c2=O)cc1. The van der Waals surface area contributed by atoms with Crippen molar-refractivity contribution in [1.82, 2.24) is 4.57 Å². The van der Waals surface area contributed by atoms with E-state index in [1.54, 1.807) is 24.3 Å². The minimum Gasteiger partial charge on any atom is -0.365 e. The van der Waals surface area contributed by atoms with Crippen molar-refractivity contribution in [2.24, 2.45) is 5.73 Å². The number of aryl methyl sites for hydroxylation is 1. The van der Waals surface area contributed by atoms with Crippen LogP contribution < -0.4 is 11.3 Å². The van der Waals surface area contributed by atoms with Crippen LogP contribution in [-0.4, -0.2) is 21.2 Å². The van der Waals surface area contributed by atoms with Crippen LogP contribution in [0.1, 0.15) is 33.2 Å². The molecule has 0 saturated carbocycles. The third kappa shape index (κ3) is 3.54. The molecule has 24 heavy (non-hydrogen) atoms. The summed E-state index contributed by atoms with van der Waals surface area (Å²) in [6.45, 7) is 1.55. The highest BCUT2D eigenvalue weighted by Crippen LogP contribution is 2.12. The van der Waals surface area contributed by atoms with E-state index in [0.717, 1.165) is 28.8 Å². The Morgan fingerprint density at radius 1 is 1.25 bits per heavy atom. The molecular formula is C16H15N3O5. The molecule has 2 rings (SSSR count). The number of Topliss-reactive ketones (excluding diaryl/α,β-unsaturated/α-hetero) is 1. The number of rotatable bonds is 6. The van der Waals surface area contributed by atoms with Gasteiger partial charge in [0.15, 0.2) is 5.78 Å². The molecule has 2 aromatic rings. The van der Waals surface area contributed by atoms with Gasteiger partial charge in [0.2, 0.25) is 0 Å². The average Bonchev–Trinajstić information content (AvgIpc) is 2.56. The second-order valence-corrected chi connectivity index (χ2v) is 5.14. The van der Waals surface area contributed by atoms with Gasteiger partial charge in [-0.15, -0.1) is 0 Å². The number of nitrogens with zero attached hydrogens (tertiary/aromatic N) is 2. The van der Waals surface area contributed by atoms with Gasteiger partial charge < -0.3 is 10.3 Å². The molecule has 0 saturated heterocycles. The lowest BCUT2D eigenvalue weighted by Gasteiger charge is -2.07. The van der Waals surface area contributed by atoms with Crippen LogP contribution in [0.4, 0.5) is 5.69 Å². The third-order valence-electron chi connectivity index (χ3n) is 3.55. The smallest absolute Gasteiger partial charge is 0.286 e. The van der Waals surface area contributed by atoms with Crippen LogP contribution in [0.25, 0.3) is 0 Å². The number of primary amides is 1. The van der Waals surface area contributed by atoms with Gasteiger partial charge in [0.25, 0.3) is 17.2 Å². The van der Waals surface area contributed by atoms with Crippen molar-refractivity contribution in [2.75, 3.05) is 0 Å². The zero-order valence-corrected chi connectivity index (χ0v) is 12.9. The fourth-order valence-corrected chi connectivity index (χ4v) is 2.19. The first-order valence-electron chi connectivity index (χ1n) is 7.14. The number of carbonyl (C=O) groups excluding carboxylic acids is 2. The Bertz CT molecular complexity index is 868. The highest BCUT2D eigenvalue weighted by atomic mass is 16.6. The first kappa shape index (κ1) is 17.1. The number of hydrogen-bond acceptors (Lipinski definition) is 5. The highest BCUT2D eigenvalue weighted by molar-refractivity contribution is 5.96. The maximum atomic E-state index is 12.3. The maximum absolute atomic E-state index is 12.3. The van der Waals surface area contributed by atoms with E-state index in [9.17, 15) is 24.5 Å². The van der Waals surface area contributed by atoms with Crippen LogP contribution in [-0.2, 0) is 13.0 Å². The molecule has 0 spiro atoms. The molecular weight excluding hydrogens is 314 g/mol. The monoisotopic (exact) mass is 329 g/mol. The number of carbonyl (C=O) groups is 2. The molecule has 0 radical (unpaired) electrons. The largest absolute Gasteiger partial charge is 0.365 e. The van der Waals surface area contributed by atoms with E-state index < -0.39 is 40.0 Å². The Kier molecular flexibility index (Phi) is 4.88. The minimum atomic E-state index is -1.09. The lowest BCUT2D eigenvalue weighted by Crippen LogP contribution is -2.31. The summed E-state index contributed by atoms with van der Waals surface area (Å²) in [6.07, 6.45) is 1.74. The van der Waals surface area contributed by atoms with E-state index in [2.05, 4.69) is 0 Å². The van der Waals surface area contributed by atoms with Gasteiger partial charge in [-0.05, 0) is 12.0 Å². The molecule has 0 aliphatic rings. The van der Waals surface area contributed by atoms with Gasteiger partial charge in [0.1, 0.15) is 5.56 Å². The average molecular weight is 329 g/mol. The Balaban J connectivity index is 2.40. The summed E-state index contributed by atoms with van der Waals surface area (Å²) in [7, 11) is 0. The summed E-state index contributed by atoms with van der Waals surface area (Å²) in [6, 6.07) is 7.63. The summed E-state index contributed by atoms with van der Waals surface area (Å²) in [5.74, 6) is -1.49. The number of ketones is 1. The second-order valence-electron chi connectivity index (χ2n) is 5.14. The van der Waals surface area contributed by atoms with Crippen LogP contribution in [0.5, 0.6) is 0 Å². The van der Waals surface area contributed by atoms with Gasteiger partial charge in [-0.25, -0.2) is 0 Å². The van der Waals surface area contributed by atoms with Gasteiger partial charge >= 0.3 is 0 Å². The predicted molar refractivity (Wildman–Crippen MR) is 86.0 cm³/mol. The molecule has 8 heteroatoms. The van der Waals surface area contributed by atoms with E-state index in [-0.39, 0.29) is 0 Å². The third-order valence-corrected chi connectivity index (χ3v) is 3.55. The first-order valence-corrected chi connectivity index (χ1v) is 7.14. The summed E-state index contributed by atoms with van der Waals surface area (Å²) >= 11 is 0. The van der Waals surface area contributed by atoms with Crippen molar-refractivity contribution in [3.05, 3.63) is 73.7 Å². The quantitative estimate of drug-likeness (QED) is 0.486. The number of nitro groups is 1. The normalized spacial score (nSPS) is 10.4. The van der Waals surface area contributed by atoms with Crippen molar-refractivity contribution in [3.63, 3.8) is 0 Å². The Hall–Kier alpha value is -3.29. The van der Waals surface area contributed by atoms with Crippen LogP contribution in [0.3, 0.4) is 0 Å². The van der Waals surface area contributed by atoms with E-state index in [1.807, 2.05) is 6.92 Å². The van der Waals surface area contributed by atoms with Gasteiger partial charge in [-0.1, -0.05) is 31.2 Å². The van der Waals surface area contributed by atoms with E-state index in [4.69, 9.17) is 5.73 Å². The molecule has 1 aromatic heterocycles. The first-order chi connectivity index (χ1) is 11.3. The fraction of sp³-hybridized carbons (Fsp3) is 0.188. The molecule has 8 nitrogen and oxygen atoms in total. The van der Waals surface area contributed by atoms with Gasteiger partial charge in [-0.3, -0.25) is 24.5 Å². The standard InChI is InChI=1S/C16H15N3O5/c1-2-10-3-5-11(6-4-10)14(20)9-18-8-12(19(23)24)7-13(15(17)21)16(18)22/h3-8H,2,9H2,1H3,(H2,17,21). The lowest BCUT2D eigenvalue weighted by atomic mass is 10.1. The Morgan fingerprint density at radius 2 is 1.88 bits per heavy atom. The molecule has 124 valence electrons. The van der Waals surface area contributed by atoms with E-state index in [0.29, 0.717) is 5.56 Å². The number of hydrogen-bond donors (Lipinski definition) is 1. The van der Waals surface area contributed by atoms with Crippen LogP contribution in [0, 0.1) is 10.1 Å². The zero-order chi connectivity index (χ0) is 17.9. The zero-order valence-electron chi connectivity index (χ0n) is 12.9. The second kappa shape index (κ2) is 6.86. The lowest BCUT2D eigenvalue weighted by molar-refractivity contribution is -0.385. The minimum absolute atomic E-state index is 0.367. The summed E-state index contributed by atoms with van der Waals surface area (Å²) < 4.78 is 0.828. The van der Waals surface area contributed by atoms with Crippen LogP contribution in [0.15, 0.2) is 41.3 Å². The molecule has 2 N–H and O–H groups in total. The summed E-state index contributed by atoms with van der Waals surface area (Å²) in [5, 5.41) is 10.9. The van der Waals surface area contributed by atoms with Crippen LogP contribution in [0.2, 0.25) is 0 Å². The number of amides is 1. The van der Waals surface area contributed by atoms with Crippen molar-refractivity contribution in [1.29, 1.82) is 0 Å². The molecule has 1 heterocycles. The van der Waals surface area contributed by atoms with Crippen molar-refractivity contribution < 1.29 is 14.5 Å². The van der Waals surface area contributed by atoms with E-state index in [1.165, 1.54) is 0 Å². The summed E-state index contributed by atoms with van der Waals surface area (Å²) in [5.41, 5.74) is 4.63. The molecule has 0 atom stereocenters. The number of benzene rings is 1. The van der Waals surface area contributed by atoms with Crippen molar-refractivity contribution in [3.8, 4) is 0 Å². The topological polar surface area (TPSA) is 125 Å². The Morgan fingerprint density at radius 3 is 2.38 bits per heavy atom.